The fraction of sp³-hybridized carbons (Fsp3) is 0.833. The van der Waals surface area contributed by atoms with Gasteiger partial charge in [0, 0.05) is 13.2 Å². The molecule has 0 aromatic carbocycles. The third-order valence-electron chi connectivity index (χ3n) is 2.80. The van der Waals surface area contributed by atoms with Gasteiger partial charge in [0.05, 0.1) is 12.7 Å². The fourth-order valence-corrected chi connectivity index (χ4v) is 2.53. The van der Waals surface area contributed by atoms with Gasteiger partial charge in [-0.15, -0.1) is 10.2 Å². The van der Waals surface area contributed by atoms with Gasteiger partial charge < -0.3 is 14.8 Å². The fourth-order valence-electron chi connectivity index (χ4n) is 1.83. The average Bonchev–Trinajstić information content (AvgIpc) is 2.85. The van der Waals surface area contributed by atoms with Gasteiger partial charge >= 0.3 is 0 Å². The maximum absolute atomic E-state index is 5.63. The number of aromatic nitrogens is 2. The molecule has 5 nitrogen and oxygen atoms in total. The van der Waals surface area contributed by atoms with Crippen LogP contribution in [0.2, 0.25) is 0 Å². The lowest BCUT2D eigenvalue weighted by Gasteiger charge is -2.21. The highest BCUT2D eigenvalue weighted by molar-refractivity contribution is 7.15. The van der Waals surface area contributed by atoms with Crippen molar-refractivity contribution in [2.75, 3.05) is 25.1 Å². The number of hydrogen-bond acceptors (Lipinski definition) is 6. The molecule has 1 fully saturated rings. The second-order valence-corrected chi connectivity index (χ2v) is 5.49. The molecule has 1 aliphatic rings. The zero-order chi connectivity index (χ0) is 12.6. The maximum Gasteiger partial charge on any atom is 0.205 e. The third-order valence-corrected chi connectivity index (χ3v) is 3.65. The number of anilines is 1. The molecule has 2 rings (SSSR count). The largest absolute Gasteiger partial charge is 0.376 e. The van der Waals surface area contributed by atoms with E-state index in [-0.39, 0.29) is 6.10 Å². The van der Waals surface area contributed by atoms with Crippen LogP contribution in [-0.2, 0) is 16.1 Å². The summed E-state index contributed by atoms with van der Waals surface area (Å²) in [5.41, 5.74) is 0. The standard InChI is InChI=1S/C12H21N3O2S/c1-2-6-13-12-15-14-11(18-12)9-16-8-10-5-3-4-7-17-10/h10H,2-9H2,1H3,(H,13,15). The number of hydrogen-bond donors (Lipinski definition) is 1. The first-order chi connectivity index (χ1) is 8.88. The van der Waals surface area contributed by atoms with Gasteiger partial charge in [0.2, 0.25) is 5.13 Å². The Kier molecular flexibility index (Phi) is 5.83. The van der Waals surface area contributed by atoms with E-state index >= 15 is 0 Å². The molecule has 2 heterocycles. The molecule has 0 radical (unpaired) electrons. The van der Waals surface area contributed by atoms with Crippen molar-refractivity contribution >= 4 is 16.5 Å². The summed E-state index contributed by atoms with van der Waals surface area (Å²) in [5, 5.41) is 13.2. The lowest BCUT2D eigenvalue weighted by molar-refractivity contribution is -0.0448. The molecule has 0 bridgehead atoms. The summed E-state index contributed by atoms with van der Waals surface area (Å²) in [7, 11) is 0. The van der Waals surface area contributed by atoms with Crippen LogP contribution in [0.4, 0.5) is 5.13 Å². The van der Waals surface area contributed by atoms with Crippen LogP contribution < -0.4 is 5.32 Å². The zero-order valence-corrected chi connectivity index (χ0v) is 11.7. The Morgan fingerprint density at radius 3 is 3.17 bits per heavy atom. The van der Waals surface area contributed by atoms with Gasteiger partial charge in [-0.25, -0.2) is 0 Å². The van der Waals surface area contributed by atoms with Crippen LogP contribution in [0.15, 0.2) is 0 Å². The van der Waals surface area contributed by atoms with Crippen molar-refractivity contribution in [3.05, 3.63) is 5.01 Å². The molecule has 1 saturated heterocycles. The average molecular weight is 271 g/mol. The Bertz CT molecular complexity index is 340. The van der Waals surface area contributed by atoms with Crippen molar-refractivity contribution in [3.63, 3.8) is 0 Å². The maximum atomic E-state index is 5.63. The molecular weight excluding hydrogens is 250 g/mol. The summed E-state index contributed by atoms with van der Waals surface area (Å²) >= 11 is 1.56. The Hall–Kier alpha value is -0.720. The highest BCUT2D eigenvalue weighted by Crippen LogP contribution is 2.17. The van der Waals surface area contributed by atoms with E-state index < -0.39 is 0 Å². The molecule has 1 N–H and O–H groups in total. The second-order valence-electron chi connectivity index (χ2n) is 4.43. The minimum atomic E-state index is 0.268. The Balaban J connectivity index is 1.64. The van der Waals surface area contributed by atoms with E-state index in [9.17, 15) is 0 Å². The number of ether oxygens (including phenoxy) is 2. The summed E-state index contributed by atoms with van der Waals surface area (Å²) in [6, 6.07) is 0. The van der Waals surface area contributed by atoms with Crippen LogP contribution in [0.1, 0.15) is 37.6 Å². The highest BCUT2D eigenvalue weighted by atomic mass is 32.1. The van der Waals surface area contributed by atoms with Crippen molar-refractivity contribution in [1.82, 2.24) is 10.2 Å². The van der Waals surface area contributed by atoms with Crippen molar-refractivity contribution in [2.45, 2.75) is 45.3 Å². The van der Waals surface area contributed by atoms with E-state index in [0.717, 1.165) is 36.1 Å². The van der Waals surface area contributed by atoms with E-state index in [1.165, 1.54) is 12.8 Å². The number of nitrogens with one attached hydrogen (secondary N) is 1. The Labute approximate surface area is 112 Å². The summed E-state index contributed by atoms with van der Waals surface area (Å²) in [4.78, 5) is 0. The quantitative estimate of drug-likeness (QED) is 0.825. The molecule has 1 aromatic rings. The van der Waals surface area contributed by atoms with Gasteiger partial charge in [-0.1, -0.05) is 18.3 Å². The zero-order valence-electron chi connectivity index (χ0n) is 10.9. The lowest BCUT2D eigenvalue weighted by Crippen LogP contribution is -2.24. The van der Waals surface area contributed by atoms with E-state index in [4.69, 9.17) is 9.47 Å². The van der Waals surface area contributed by atoms with Gasteiger partial charge in [0.25, 0.3) is 0 Å². The van der Waals surface area contributed by atoms with E-state index in [0.29, 0.717) is 13.2 Å². The summed E-state index contributed by atoms with van der Waals surface area (Å²) in [5.74, 6) is 0. The van der Waals surface area contributed by atoms with Crippen LogP contribution in [-0.4, -0.2) is 36.1 Å². The summed E-state index contributed by atoms with van der Waals surface area (Å²) in [6.45, 7) is 5.13. The van der Waals surface area contributed by atoms with E-state index in [1.54, 1.807) is 11.3 Å². The first-order valence-electron chi connectivity index (χ1n) is 6.64. The minimum absolute atomic E-state index is 0.268. The van der Waals surface area contributed by atoms with Crippen molar-refractivity contribution in [2.24, 2.45) is 0 Å². The van der Waals surface area contributed by atoms with Crippen molar-refractivity contribution in [1.29, 1.82) is 0 Å². The van der Waals surface area contributed by atoms with Gasteiger partial charge in [-0.05, 0) is 25.7 Å². The van der Waals surface area contributed by atoms with Crippen molar-refractivity contribution < 1.29 is 9.47 Å². The molecule has 6 heteroatoms. The van der Waals surface area contributed by atoms with Gasteiger partial charge in [0.1, 0.15) is 11.6 Å². The molecular formula is C12H21N3O2S. The van der Waals surface area contributed by atoms with Crippen LogP contribution in [0.25, 0.3) is 0 Å². The highest BCUT2D eigenvalue weighted by Gasteiger charge is 2.14. The molecule has 18 heavy (non-hydrogen) atoms. The number of nitrogens with zero attached hydrogens (tertiary/aromatic N) is 2. The monoisotopic (exact) mass is 271 g/mol. The molecule has 0 spiro atoms. The normalized spacial score (nSPS) is 19.9. The minimum Gasteiger partial charge on any atom is -0.376 e. The first-order valence-corrected chi connectivity index (χ1v) is 7.45. The molecule has 0 aliphatic carbocycles. The van der Waals surface area contributed by atoms with E-state index in [1.807, 2.05) is 0 Å². The summed E-state index contributed by atoms with van der Waals surface area (Å²) < 4.78 is 11.2. The number of rotatable bonds is 7. The predicted molar refractivity (Wildman–Crippen MR) is 71.9 cm³/mol. The Morgan fingerprint density at radius 2 is 2.39 bits per heavy atom. The molecule has 1 aliphatic heterocycles. The van der Waals surface area contributed by atoms with E-state index in [2.05, 4.69) is 22.4 Å². The first kappa shape index (κ1) is 13.7. The van der Waals surface area contributed by atoms with Crippen LogP contribution in [0, 0.1) is 0 Å². The molecule has 102 valence electrons. The predicted octanol–water partition coefficient (Wildman–Crippen LogP) is 2.45. The molecule has 1 atom stereocenters. The summed E-state index contributed by atoms with van der Waals surface area (Å²) in [6.07, 6.45) is 4.89. The van der Waals surface area contributed by atoms with Crippen LogP contribution >= 0.6 is 11.3 Å². The molecule has 0 saturated carbocycles. The molecule has 1 unspecified atom stereocenters. The van der Waals surface area contributed by atoms with Crippen molar-refractivity contribution in [3.8, 4) is 0 Å². The molecule has 1 aromatic heterocycles. The molecule has 0 amide bonds. The smallest absolute Gasteiger partial charge is 0.205 e. The van der Waals surface area contributed by atoms with Crippen LogP contribution in [0.5, 0.6) is 0 Å². The SMILES string of the molecule is CCCNc1nnc(COCC2CCCCO2)s1. The Morgan fingerprint density at radius 1 is 1.44 bits per heavy atom. The van der Waals surface area contributed by atoms with Crippen LogP contribution in [0.3, 0.4) is 0 Å². The van der Waals surface area contributed by atoms with Gasteiger partial charge in [0.15, 0.2) is 0 Å². The second kappa shape index (κ2) is 7.66. The third kappa shape index (κ3) is 4.51. The van der Waals surface area contributed by atoms with Gasteiger partial charge in [-0.3, -0.25) is 0 Å². The lowest BCUT2D eigenvalue weighted by atomic mass is 10.1. The topological polar surface area (TPSA) is 56.3 Å². The van der Waals surface area contributed by atoms with Gasteiger partial charge in [-0.2, -0.15) is 0 Å².